The maximum atomic E-state index is 14.1. The maximum Gasteiger partial charge on any atom is 0.303 e. The van der Waals surface area contributed by atoms with Gasteiger partial charge in [0.15, 0.2) is 11.6 Å². The number of hydrazine groups is 1. The molecule has 2 aromatic carbocycles. The number of carbonyl (C=O) groups is 3. The van der Waals surface area contributed by atoms with Crippen LogP contribution in [0, 0.1) is 0 Å². The van der Waals surface area contributed by atoms with Crippen molar-refractivity contribution in [1.82, 2.24) is 25.1 Å². The van der Waals surface area contributed by atoms with Gasteiger partial charge >= 0.3 is 5.97 Å². The number of amides is 2. The van der Waals surface area contributed by atoms with Crippen LogP contribution in [0.15, 0.2) is 109 Å². The summed E-state index contributed by atoms with van der Waals surface area (Å²) in [4.78, 5) is 42.4. The molecule has 2 amide bonds. The van der Waals surface area contributed by atoms with Gasteiger partial charge in [-0.3, -0.25) is 19.4 Å². The molecule has 2 unspecified atom stereocenters. The highest BCUT2D eigenvalue weighted by Gasteiger charge is 2.50. The minimum Gasteiger partial charge on any atom is -0.504 e. The number of fused-ring (bicyclic) bond motifs is 1. The number of nitrogens with zero attached hydrogens (tertiary/aromatic N) is 4. The maximum absolute atomic E-state index is 14.1. The molecule has 5 rings (SSSR count). The Labute approximate surface area is 251 Å². The lowest BCUT2D eigenvalue weighted by molar-refractivity contribution is -0.193. The molecule has 2 aromatic rings. The summed E-state index contributed by atoms with van der Waals surface area (Å²) < 4.78 is 0. The van der Waals surface area contributed by atoms with E-state index in [-0.39, 0.29) is 56.0 Å². The minimum atomic E-state index is -1.04. The number of hydrogen-bond acceptors (Lipinski definition) is 7. The molecule has 0 radical (unpaired) electrons. The number of aliphatic hydroxyl groups is 1. The van der Waals surface area contributed by atoms with E-state index in [4.69, 9.17) is 0 Å². The van der Waals surface area contributed by atoms with Gasteiger partial charge in [-0.1, -0.05) is 85.5 Å². The zero-order chi connectivity index (χ0) is 30.5. The molecule has 3 aliphatic rings. The van der Waals surface area contributed by atoms with E-state index in [0.29, 0.717) is 12.4 Å². The number of benzene rings is 2. The second kappa shape index (κ2) is 13.0. The molecule has 43 heavy (non-hydrogen) atoms. The summed E-state index contributed by atoms with van der Waals surface area (Å²) >= 11 is 0. The van der Waals surface area contributed by atoms with Crippen LogP contribution in [-0.4, -0.2) is 86.7 Å². The predicted molar refractivity (Wildman–Crippen MR) is 162 cm³/mol. The van der Waals surface area contributed by atoms with Gasteiger partial charge in [-0.15, -0.1) is 0 Å². The SMILES string of the molecule is C=C/C=C\C1=C/C(O)=C(NCc2ccccc2)N2[C@H]3CN(CC1c1ccccc1)C(=O)C(CCC(=O)O)N3C(=O)CN2C. The molecule has 10 heteroatoms. The Bertz CT molecular complexity index is 1450. The number of piperazine rings is 1. The van der Waals surface area contributed by atoms with E-state index in [1.54, 1.807) is 35.2 Å². The van der Waals surface area contributed by atoms with Crippen molar-refractivity contribution in [3.63, 3.8) is 0 Å². The van der Waals surface area contributed by atoms with Gasteiger partial charge in [0.2, 0.25) is 11.8 Å². The van der Waals surface area contributed by atoms with Gasteiger partial charge in [0.25, 0.3) is 0 Å². The average Bonchev–Trinajstić information content (AvgIpc) is 3.00. The highest BCUT2D eigenvalue weighted by molar-refractivity contribution is 5.91. The highest BCUT2D eigenvalue weighted by Crippen LogP contribution is 2.35. The molecule has 2 fully saturated rings. The third-order valence-corrected chi connectivity index (χ3v) is 8.08. The third kappa shape index (κ3) is 6.34. The van der Waals surface area contributed by atoms with Crippen LogP contribution in [0.4, 0.5) is 0 Å². The number of carbonyl (C=O) groups excluding carboxylic acids is 2. The normalized spacial score (nSPS) is 24.2. The standard InChI is InChI=1S/C33H37N5O5/c1-3-4-13-25-18-28(39)32(34-19-23-11-7-5-8-12-23)38-29-21-36(20-26(25)24-14-9-6-10-15-24)33(43)27(16-17-31(41)42)37(29)30(40)22-35(38)2/h3-15,18,26-27,29,34,39H,1,16-17,19-22H2,2H3,(H,41,42)/b13-4-,25-18+,32-28?/t26?,27?,29-/m0/s1. The lowest BCUT2D eigenvalue weighted by Gasteiger charge is -2.56. The second-order valence-corrected chi connectivity index (χ2v) is 10.9. The van der Waals surface area contributed by atoms with Gasteiger partial charge < -0.3 is 25.3 Å². The van der Waals surface area contributed by atoms with Gasteiger partial charge in [-0.25, -0.2) is 5.01 Å². The van der Waals surface area contributed by atoms with Crippen LogP contribution in [-0.2, 0) is 20.9 Å². The monoisotopic (exact) mass is 583 g/mol. The Balaban J connectivity index is 1.70. The minimum absolute atomic E-state index is 0.0119. The van der Waals surface area contributed by atoms with E-state index in [0.717, 1.165) is 16.7 Å². The fraction of sp³-hybridized carbons (Fsp3) is 0.303. The van der Waals surface area contributed by atoms with Crippen molar-refractivity contribution in [2.75, 3.05) is 26.7 Å². The molecule has 2 saturated heterocycles. The number of hydrogen-bond donors (Lipinski definition) is 3. The molecular weight excluding hydrogens is 546 g/mol. The average molecular weight is 584 g/mol. The molecule has 2 bridgehead atoms. The molecule has 0 aliphatic carbocycles. The fourth-order valence-corrected chi connectivity index (χ4v) is 6.09. The summed E-state index contributed by atoms with van der Waals surface area (Å²) in [5, 5.41) is 28.3. The lowest BCUT2D eigenvalue weighted by Crippen LogP contribution is -2.74. The summed E-state index contributed by atoms with van der Waals surface area (Å²) in [5.41, 5.74) is 2.69. The summed E-state index contributed by atoms with van der Waals surface area (Å²) in [6.45, 7) is 4.61. The van der Waals surface area contributed by atoms with Crippen molar-refractivity contribution in [3.05, 3.63) is 120 Å². The molecule has 3 heterocycles. The molecule has 224 valence electrons. The zero-order valence-electron chi connectivity index (χ0n) is 24.2. The number of aliphatic hydroxyl groups excluding tert-OH is 1. The van der Waals surface area contributed by atoms with Gasteiger partial charge in [-0.05, 0) is 29.2 Å². The second-order valence-electron chi connectivity index (χ2n) is 10.9. The van der Waals surface area contributed by atoms with Crippen LogP contribution in [0.25, 0.3) is 0 Å². The van der Waals surface area contributed by atoms with Crippen LogP contribution < -0.4 is 5.32 Å². The van der Waals surface area contributed by atoms with Crippen LogP contribution in [0.2, 0.25) is 0 Å². The first-order chi connectivity index (χ1) is 20.8. The largest absolute Gasteiger partial charge is 0.504 e. The molecule has 3 atom stereocenters. The van der Waals surface area contributed by atoms with E-state index >= 15 is 0 Å². The molecule has 0 spiro atoms. The molecule has 3 N–H and O–H groups in total. The molecule has 0 saturated carbocycles. The summed E-state index contributed by atoms with van der Waals surface area (Å²) in [6.07, 6.45) is 6.09. The van der Waals surface area contributed by atoms with E-state index < -0.39 is 18.2 Å². The van der Waals surface area contributed by atoms with Crippen molar-refractivity contribution in [2.45, 2.75) is 37.5 Å². The van der Waals surface area contributed by atoms with Crippen molar-refractivity contribution < 1.29 is 24.6 Å². The van der Waals surface area contributed by atoms with Crippen LogP contribution in [0.5, 0.6) is 0 Å². The Morgan fingerprint density at radius 1 is 1.07 bits per heavy atom. The summed E-state index contributed by atoms with van der Waals surface area (Å²) in [7, 11) is 1.76. The number of carboxylic acids is 1. The van der Waals surface area contributed by atoms with Crippen molar-refractivity contribution in [1.29, 1.82) is 0 Å². The highest BCUT2D eigenvalue weighted by atomic mass is 16.4. The van der Waals surface area contributed by atoms with E-state index in [2.05, 4.69) is 11.9 Å². The van der Waals surface area contributed by atoms with Gasteiger partial charge in [0, 0.05) is 32.5 Å². The smallest absolute Gasteiger partial charge is 0.303 e. The molecular formula is C33H37N5O5. The number of allylic oxidation sites excluding steroid dienone is 4. The summed E-state index contributed by atoms with van der Waals surface area (Å²) in [6, 6.07) is 18.5. The quantitative estimate of drug-likeness (QED) is 0.385. The topological polar surface area (TPSA) is 117 Å². The van der Waals surface area contributed by atoms with E-state index in [1.807, 2.05) is 71.7 Å². The number of nitrogens with one attached hydrogen (secondary N) is 1. The number of aliphatic carboxylic acids is 1. The van der Waals surface area contributed by atoms with Crippen molar-refractivity contribution in [2.24, 2.45) is 0 Å². The van der Waals surface area contributed by atoms with Gasteiger partial charge in [0.05, 0.1) is 13.1 Å². The number of carboxylic acid groups (broad SMARTS) is 1. The Hall–Kier alpha value is -4.83. The van der Waals surface area contributed by atoms with Crippen molar-refractivity contribution >= 4 is 17.8 Å². The van der Waals surface area contributed by atoms with Gasteiger partial charge in [-0.2, -0.15) is 0 Å². The first-order valence-electron chi connectivity index (χ1n) is 14.4. The van der Waals surface area contributed by atoms with Crippen LogP contribution >= 0.6 is 0 Å². The predicted octanol–water partition coefficient (Wildman–Crippen LogP) is 3.36. The Morgan fingerprint density at radius 2 is 1.77 bits per heavy atom. The van der Waals surface area contributed by atoms with Gasteiger partial charge in [0.1, 0.15) is 12.2 Å². The van der Waals surface area contributed by atoms with Crippen LogP contribution in [0.1, 0.15) is 29.9 Å². The number of likely N-dealkylation sites (N-methyl/N-ethyl adjacent to an activating group) is 1. The third-order valence-electron chi connectivity index (χ3n) is 8.08. The Morgan fingerprint density at radius 3 is 2.44 bits per heavy atom. The van der Waals surface area contributed by atoms with E-state index in [1.165, 1.54) is 4.90 Å². The fourth-order valence-electron chi connectivity index (χ4n) is 6.09. The Kier molecular flexibility index (Phi) is 8.96. The number of rotatable bonds is 9. The molecule has 10 nitrogen and oxygen atoms in total. The molecule has 0 aromatic heterocycles. The summed E-state index contributed by atoms with van der Waals surface area (Å²) in [5.74, 6) is -1.57. The van der Waals surface area contributed by atoms with Crippen molar-refractivity contribution in [3.8, 4) is 0 Å². The lowest BCUT2D eigenvalue weighted by atomic mass is 9.88. The van der Waals surface area contributed by atoms with E-state index in [9.17, 15) is 24.6 Å². The van der Waals surface area contributed by atoms with Crippen LogP contribution in [0.3, 0.4) is 0 Å². The first-order valence-corrected chi connectivity index (χ1v) is 14.4. The molecule has 3 aliphatic heterocycles. The first kappa shape index (κ1) is 29.7. The zero-order valence-corrected chi connectivity index (χ0v) is 24.2.